The van der Waals surface area contributed by atoms with E-state index in [2.05, 4.69) is 24.1 Å². The summed E-state index contributed by atoms with van der Waals surface area (Å²) in [5.74, 6) is 0.652. The molecular formula is C19H21N3O3S. The van der Waals surface area contributed by atoms with E-state index in [-0.39, 0.29) is 17.9 Å². The lowest BCUT2D eigenvalue weighted by atomic mass is 10.0. The first-order valence-corrected chi connectivity index (χ1v) is 9.25. The zero-order chi connectivity index (χ0) is 18.8. The molecule has 0 bridgehead atoms. The van der Waals surface area contributed by atoms with E-state index in [4.69, 9.17) is 4.74 Å². The van der Waals surface area contributed by atoms with E-state index < -0.39 is 5.91 Å². The number of nitrogens with one attached hydrogen (secondary N) is 1. The average molecular weight is 371 g/mol. The quantitative estimate of drug-likeness (QED) is 0.745. The lowest BCUT2D eigenvalue weighted by Crippen LogP contribution is -2.28. The molecule has 0 atom stereocenters. The fourth-order valence-corrected chi connectivity index (χ4v) is 3.50. The van der Waals surface area contributed by atoms with Crippen molar-refractivity contribution in [3.63, 3.8) is 0 Å². The molecule has 136 valence electrons. The Balaban J connectivity index is 1.71. The summed E-state index contributed by atoms with van der Waals surface area (Å²) in [6.07, 6.45) is 0. The van der Waals surface area contributed by atoms with Gasteiger partial charge in [0.1, 0.15) is 11.4 Å². The molecule has 0 saturated carbocycles. The summed E-state index contributed by atoms with van der Waals surface area (Å²) in [6, 6.07) is 7.63. The summed E-state index contributed by atoms with van der Waals surface area (Å²) in [4.78, 5) is 29.8. The molecular weight excluding hydrogens is 350 g/mol. The van der Waals surface area contributed by atoms with Gasteiger partial charge in [-0.05, 0) is 37.5 Å². The van der Waals surface area contributed by atoms with Gasteiger partial charge < -0.3 is 10.1 Å². The Kier molecular flexibility index (Phi) is 5.08. The van der Waals surface area contributed by atoms with Crippen molar-refractivity contribution in [1.82, 2.24) is 9.38 Å². The summed E-state index contributed by atoms with van der Waals surface area (Å²) in [5.41, 5.74) is 2.40. The smallest absolute Gasteiger partial charge is 0.282 e. The molecule has 2 aromatic heterocycles. The summed E-state index contributed by atoms with van der Waals surface area (Å²) in [5, 5.41) is 4.49. The Morgan fingerprint density at radius 2 is 1.96 bits per heavy atom. The van der Waals surface area contributed by atoms with E-state index in [9.17, 15) is 9.59 Å². The van der Waals surface area contributed by atoms with Crippen LogP contribution in [0.2, 0.25) is 0 Å². The number of anilines is 1. The van der Waals surface area contributed by atoms with Gasteiger partial charge in [-0.25, -0.2) is 4.98 Å². The maximum atomic E-state index is 12.6. The molecule has 0 unspecified atom stereocenters. The fraction of sp³-hybridized carbons (Fsp3) is 0.316. The monoisotopic (exact) mass is 371 g/mol. The molecule has 0 aliphatic heterocycles. The number of aryl methyl sites for hydroxylation is 2. The number of hydrogen-bond acceptors (Lipinski definition) is 5. The number of carbonyl (C=O) groups is 1. The van der Waals surface area contributed by atoms with E-state index >= 15 is 0 Å². The van der Waals surface area contributed by atoms with Crippen molar-refractivity contribution in [2.24, 2.45) is 0 Å². The number of benzene rings is 1. The van der Waals surface area contributed by atoms with Crippen LogP contribution in [-0.4, -0.2) is 21.9 Å². The van der Waals surface area contributed by atoms with Gasteiger partial charge in [0.15, 0.2) is 11.6 Å². The molecule has 1 N–H and O–H groups in total. The third-order valence-electron chi connectivity index (χ3n) is 4.10. The Hall–Kier alpha value is -2.67. The van der Waals surface area contributed by atoms with Crippen molar-refractivity contribution in [3.05, 3.63) is 57.0 Å². The standard InChI is InChI=1S/C19H21N3O3S/c1-11(2)14-5-7-15(8-6-14)25-9-16(23)21-17-13(4)20-19-22(18(17)24)12(3)10-26-19/h5-8,10-11H,9H2,1-4H3,(H,21,23). The van der Waals surface area contributed by atoms with Crippen LogP contribution in [0.5, 0.6) is 5.75 Å². The molecule has 26 heavy (non-hydrogen) atoms. The Morgan fingerprint density at radius 3 is 2.62 bits per heavy atom. The number of ether oxygens (including phenoxy) is 1. The van der Waals surface area contributed by atoms with E-state index in [0.29, 0.717) is 22.3 Å². The van der Waals surface area contributed by atoms with Crippen molar-refractivity contribution in [2.45, 2.75) is 33.6 Å². The zero-order valence-corrected chi connectivity index (χ0v) is 16.0. The van der Waals surface area contributed by atoms with Crippen LogP contribution < -0.4 is 15.6 Å². The predicted octanol–water partition coefficient (Wildman–Crippen LogP) is 3.51. The number of amides is 1. The topological polar surface area (TPSA) is 72.7 Å². The van der Waals surface area contributed by atoms with E-state index in [1.54, 1.807) is 6.92 Å². The van der Waals surface area contributed by atoms with Crippen LogP contribution in [-0.2, 0) is 4.79 Å². The number of aromatic nitrogens is 2. The highest BCUT2D eigenvalue weighted by atomic mass is 32.1. The van der Waals surface area contributed by atoms with Gasteiger partial charge in [0.2, 0.25) is 0 Å². The van der Waals surface area contributed by atoms with Crippen LogP contribution in [0.25, 0.3) is 4.96 Å². The minimum Gasteiger partial charge on any atom is -0.484 e. The molecule has 0 spiro atoms. The first-order valence-electron chi connectivity index (χ1n) is 8.37. The highest BCUT2D eigenvalue weighted by Crippen LogP contribution is 2.19. The van der Waals surface area contributed by atoms with Gasteiger partial charge in [0, 0.05) is 11.1 Å². The van der Waals surface area contributed by atoms with Crippen molar-refractivity contribution in [1.29, 1.82) is 0 Å². The number of hydrogen-bond donors (Lipinski definition) is 1. The summed E-state index contributed by atoms with van der Waals surface area (Å²) in [7, 11) is 0. The summed E-state index contributed by atoms with van der Waals surface area (Å²) >= 11 is 1.39. The van der Waals surface area contributed by atoms with Gasteiger partial charge in [-0.2, -0.15) is 0 Å². The largest absolute Gasteiger partial charge is 0.484 e. The predicted molar refractivity (Wildman–Crippen MR) is 103 cm³/mol. The molecule has 6 nitrogen and oxygen atoms in total. The Labute approximate surface area is 155 Å². The van der Waals surface area contributed by atoms with Gasteiger partial charge in [-0.3, -0.25) is 14.0 Å². The maximum Gasteiger partial charge on any atom is 0.282 e. The highest BCUT2D eigenvalue weighted by molar-refractivity contribution is 7.15. The van der Waals surface area contributed by atoms with Crippen molar-refractivity contribution < 1.29 is 9.53 Å². The minimum atomic E-state index is -0.396. The fourth-order valence-electron chi connectivity index (χ4n) is 2.60. The molecule has 3 rings (SSSR count). The van der Waals surface area contributed by atoms with Crippen LogP contribution in [0.1, 0.15) is 36.7 Å². The third-order valence-corrected chi connectivity index (χ3v) is 5.05. The van der Waals surface area contributed by atoms with E-state index in [1.807, 2.05) is 36.6 Å². The highest BCUT2D eigenvalue weighted by Gasteiger charge is 2.15. The molecule has 7 heteroatoms. The lowest BCUT2D eigenvalue weighted by Gasteiger charge is -2.10. The molecule has 0 radical (unpaired) electrons. The van der Waals surface area contributed by atoms with Gasteiger partial charge in [-0.15, -0.1) is 11.3 Å². The van der Waals surface area contributed by atoms with Crippen LogP contribution in [0.4, 0.5) is 5.69 Å². The number of thiazole rings is 1. The second-order valence-electron chi connectivity index (χ2n) is 6.43. The zero-order valence-electron chi connectivity index (χ0n) is 15.2. The summed E-state index contributed by atoms with van der Waals surface area (Å²) < 4.78 is 7.01. The van der Waals surface area contributed by atoms with Crippen LogP contribution in [0, 0.1) is 13.8 Å². The molecule has 0 aliphatic rings. The summed E-state index contributed by atoms with van der Waals surface area (Å²) in [6.45, 7) is 7.59. The molecule has 0 fully saturated rings. The third kappa shape index (κ3) is 3.62. The van der Waals surface area contributed by atoms with Gasteiger partial charge >= 0.3 is 0 Å². The second-order valence-corrected chi connectivity index (χ2v) is 7.27. The maximum absolute atomic E-state index is 12.6. The van der Waals surface area contributed by atoms with Gasteiger partial charge in [-0.1, -0.05) is 26.0 Å². The second kappa shape index (κ2) is 7.29. The van der Waals surface area contributed by atoms with Crippen molar-refractivity contribution in [3.8, 4) is 5.75 Å². The number of carbonyl (C=O) groups excluding carboxylic acids is 1. The first-order chi connectivity index (χ1) is 12.4. The molecule has 2 heterocycles. The van der Waals surface area contributed by atoms with Crippen molar-refractivity contribution >= 4 is 27.9 Å². The number of rotatable bonds is 5. The molecule has 1 aromatic carbocycles. The SMILES string of the molecule is Cc1nc2scc(C)n2c(=O)c1NC(=O)COc1ccc(C(C)C)cc1. The van der Waals surface area contributed by atoms with Gasteiger partial charge in [0.05, 0.1) is 5.69 Å². The van der Waals surface area contributed by atoms with E-state index in [1.165, 1.54) is 21.3 Å². The Bertz CT molecular complexity index is 1000. The van der Waals surface area contributed by atoms with Crippen molar-refractivity contribution in [2.75, 3.05) is 11.9 Å². The average Bonchev–Trinajstić information content (AvgIpc) is 2.97. The van der Waals surface area contributed by atoms with Crippen LogP contribution in [0.3, 0.4) is 0 Å². The Morgan fingerprint density at radius 1 is 1.27 bits per heavy atom. The van der Waals surface area contributed by atoms with E-state index in [0.717, 1.165) is 5.69 Å². The molecule has 1 amide bonds. The number of fused-ring (bicyclic) bond motifs is 1. The van der Waals surface area contributed by atoms with Crippen LogP contribution in [0.15, 0.2) is 34.4 Å². The lowest BCUT2D eigenvalue weighted by molar-refractivity contribution is -0.118. The van der Waals surface area contributed by atoms with Crippen LogP contribution >= 0.6 is 11.3 Å². The normalized spacial score (nSPS) is 11.1. The van der Waals surface area contributed by atoms with Gasteiger partial charge in [0.25, 0.3) is 11.5 Å². The number of nitrogens with zero attached hydrogens (tertiary/aromatic N) is 2. The molecule has 0 aliphatic carbocycles. The molecule has 0 saturated heterocycles. The molecule has 3 aromatic rings. The first kappa shape index (κ1) is 18.1. The minimum absolute atomic E-state index is 0.175.